The minimum atomic E-state index is -1.02. The molecule has 1 amide bonds. The van der Waals surface area contributed by atoms with Crippen LogP contribution < -0.4 is 5.32 Å². The molecule has 0 fully saturated rings. The molecule has 2 N–H and O–H groups in total. The molecular weight excluding hydrogens is 196 g/mol. The number of aromatic nitrogens is 1. The summed E-state index contributed by atoms with van der Waals surface area (Å²) in [5, 5.41) is 11.0. The van der Waals surface area contributed by atoms with Crippen molar-refractivity contribution in [3.8, 4) is 0 Å². The van der Waals surface area contributed by atoms with Crippen LogP contribution in [0.3, 0.4) is 0 Å². The first-order chi connectivity index (χ1) is 7.24. The number of amides is 1. The molecule has 0 saturated carbocycles. The van der Waals surface area contributed by atoms with E-state index in [1.54, 1.807) is 12.4 Å². The molecule has 0 spiro atoms. The molecule has 5 heteroatoms. The molecular formula is C10H12N2O3. The molecule has 0 aliphatic carbocycles. The summed E-state index contributed by atoms with van der Waals surface area (Å²) < 4.78 is 0. The molecule has 0 aliphatic heterocycles. The molecule has 5 nitrogen and oxygen atoms in total. The minimum Gasteiger partial charge on any atom is -0.480 e. The second-order valence-corrected chi connectivity index (χ2v) is 3.07. The molecule has 0 bridgehead atoms. The summed E-state index contributed by atoms with van der Waals surface area (Å²) in [4.78, 5) is 24.7. The molecule has 1 aromatic heterocycles. The summed E-state index contributed by atoms with van der Waals surface area (Å²) in [5.41, 5.74) is 1.00. The number of nitrogens with one attached hydrogen (secondary N) is 1. The van der Waals surface area contributed by atoms with Gasteiger partial charge in [0, 0.05) is 12.4 Å². The minimum absolute atomic E-state index is 0.373. The highest BCUT2D eigenvalue weighted by atomic mass is 16.4. The molecule has 0 aliphatic rings. The Morgan fingerprint density at radius 2 is 2.20 bits per heavy atom. The molecule has 0 radical (unpaired) electrons. The molecule has 1 heterocycles. The summed E-state index contributed by atoms with van der Waals surface area (Å²) in [6, 6.07) is 2.82. The molecule has 1 atom stereocenters. The Balaban J connectivity index is 2.47. The molecule has 80 valence electrons. The first kappa shape index (κ1) is 11.2. The highest BCUT2D eigenvalue weighted by Gasteiger charge is 2.15. The van der Waals surface area contributed by atoms with Gasteiger partial charge >= 0.3 is 5.97 Å². The maximum Gasteiger partial charge on any atom is 0.326 e. The Labute approximate surface area is 87.1 Å². The maximum atomic E-state index is 10.7. The number of rotatable bonds is 6. The van der Waals surface area contributed by atoms with Crippen molar-refractivity contribution < 1.29 is 14.7 Å². The first-order valence-electron chi connectivity index (χ1n) is 4.55. The highest BCUT2D eigenvalue weighted by Crippen LogP contribution is 2.03. The number of pyridine rings is 1. The van der Waals surface area contributed by atoms with Crippen LogP contribution in [-0.2, 0) is 16.0 Å². The van der Waals surface area contributed by atoms with Crippen LogP contribution >= 0.6 is 0 Å². The second kappa shape index (κ2) is 5.74. The van der Waals surface area contributed by atoms with Crippen LogP contribution in [0.25, 0.3) is 0 Å². The summed E-state index contributed by atoms with van der Waals surface area (Å²) in [6.45, 7) is 0. The predicted octanol–water partition coefficient (Wildman–Crippen LogP) is 0.213. The number of aryl methyl sites for hydroxylation is 1. The molecule has 1 aromatic rings. The maximum absolute atomic E-state index is 10.7. The molecule has 1 rings (SSSR count). The van der Waals surface area contributed by atoms with Crippen molar-refractivity contribution in [1.82, 2.24) is 10.3 Å². The van der Waals surface area contributed by atoms with Crippen LogP contribution in [0.5, 0.6) is 0 Å². The fraction of sp³-hybridized carbons (Fsp3) is 0.300. The Kier molecular flexibility index (Phi) is 4.28. The van der Waals surface area contributed by atoms with Crippen molar-refractivity contribution >= 4 is 12.4 Å². The summed E-state index contributed by atoms with van der Waals surface area (Å²) >= 11 is 0. The van der Waals surface area contributed by atoms with E-state index in [1.165, 1.54) is 0 Å². The van der Waals surface area contributed by atoms with E-state index < -0.39 is 12.0 Å². The van der Waals surface area contributed by atoms with Crippen molar-refractivity contribution in [2.75, 3.05) is 0 Å². The fourth-order valence-electron chi connectivity index (χ4n) is 1.22. The Morgan fingerprint density at radius 3 is 2.73 bits per heavy atom. The molecule has 15 heavy (non-hydrogen) atoms. The Bertz CT molecular complexity index is 327. The van der Waals surface area contributed by atoms with Crippen LogP contribution in [0.4, 0.5) is 0 Å². The fourth-order valence-corrected chi connectivity index (χ4v) is 1.22. The number of hydrogen-bond acceptors (Lipinski definition) is 3. The van der Waals surface area contributed by atoms with Crippen LogP contribution in [0.2, 0.25) is 0 Å². The van der Waals surface area contributed by atoms with Crippen LogP contribution in [0, 0.1) is 0 Å². The van der Waals surface area contributed by atoms with E-state index in [4.69, 9.17) is 5.11 Å². The van der Waals surface area contributed by atoms with Crippen LogP contribution in [0.1, 0.15) is 12.0 Å². The molecule has 0 unspecified atom stereocenters. The van der Waals surface area contributed by atoms with E-state index in [1.807, 2.05) is 12.1 Å². The Morgan fingerprint density at radius 1 is 1.53 bits per heavy atom. The van der Waals surface area contributed by atoms with E-state index in [0.29, 0.717) is 19.3 Å². The summed E-state index contributed by atoms with van der Waals surface area (Å²) in [7, 11) is 0. The van der Waals surface area contributed by atoms with Crippen molar-refractivity contribution in [2.45, 2.75) is 18.9 Å². The van der Waals surface area contributed by atoms with E-state index >= 15 is 0 Å². The van der Waals surface area contributed by atoms with E-state index in [0.717, 1.165) is 5.56 Å². The number of carbonyl (C=O) groups excluding carboxylic acids is 1. The van der Waals surface area contributed by atoms with Crippen LogP contribution in [0.15, 0.2) is 24.5 Å². The van der Waals surface area contributed by atoms with Gasteiger partial charge in [0.15, 0.2) is 0 Å². The largest absolute Gasteiger partial charge is 0.480 e. The molecule has 0 aromatic carbocycles. The second-order valence-electron chi connectivity index (χ2n) is 3.07. The molecule has 0 saturated heterocycles. The predicted molar refractivity (Wildman–Crippen MR) is 53.2 cm³/mol. The van der Waals surface area contributed by atoms with Crippen molar-refractivity contribution in [2.24, 2.45) is 0 Å². The topological polar surface area (TPSA) is 79.3 Å². The number of carbonyl (C=O) groups is 2. The normalized spacial score (nSPS) is 11.7. The van der Waals surface area contributed by atoms with E-state index in [9.17, 15) is 9.59 Å². The lowest BCUT2D eigenvalue weighted by Gasteiger charge is -2.10. The van der Waals surface area contributed by atoms with E-state index in [-0.39, 0.29) is 0 Å². The third kappa shape index (κ3) is 3.76. The van der Waals surface area contributed by atoms with Gasteiger partial charge in [0.1, 0.15) is 6.04 Å². The highest BCUT2D eigenvalue weighted by molar-refractivity contribution is 5.76. The van der Waals surface area contributed by atoms with Gasteiger partial charge in [-0.3, -0.25) is 9.78 Å². The quantitative estimate of drug-likeness (QED) is 0.655. The summed E-state index contributed by atoms with van der Waals surface area (Å²) in [5.74, 6) is -1.02. The van der Waals surface area contributed by atoms with Crippen molar-refractivity contribution in [3.05, 3.63) is 30.1 Å². The third-order valence-electron chi connectivity index (χ3n) is 2.04. The lowest BCUT2D eigenvalue weighted by atomic mass is 10.1. The van der Waals surface area contributed by atoms with Gasteiger partial charge in [-0.25, -0.2) is 4.79 Å². The van der Waals surface area contributed by atoms with Gasteiger partial charge in [-0.05, 0) is 30.5 Å². The standard InChI is InChI=1S/C10H12N2O3/c13-7-12-9(10(14)15)2-1-8-3-5-11-6-4-8/h3-7,9H,1-2H2,(H,12,13)(H,14,15)/t9-/m0/s1. The van der Waals surface area contributed by atoms with Gasteiger partial charge in [-0.1, -0.05) is 0 Å². The number of carboxylic acid groups (broad SMARTS) is 1. The van der Waals surface area contributed by atoms with Crippen molar-refractivity contribution in [3.63, 3.8) is 0 Å². The average Bonchev–Trinajstić information content (AvgIpc) is 2.25. The first-order valence-corrected chi connectivity index (χ1v) is 4.55. The number of hydrogen-bond donors (Lipinski definition) is 2. The van der Waals surface area contributed by atoms with Gasteiger partial charge in [-0.15, -0.1) is 0 Å². The monoisotopic (exact) mass is 208 g/mol. The SMILES string of the molecule is O=CN[C@@H](CCc1ccncc1)C(=O)O. The number of carboxylic acids is 1. The van der Waals surface area contributed by atoms with Gasteiger partial charge in [0.2, 0.25) is 6.41 Å². The van der Waals surface area contributed by atoms with E-state index in [2.05, 4.69) is 10.3 Å². The van der Waals surface area contributed by atoms with Gasteiger partial charge in [0.25, 0.3) is 0 Å². The zero-order valence-electron chi connectivity index (χ0n) is 8.09. The lowest BCUT2D eigenvalue weighted by molar-refractivity contribution is -0.140. The van der Waals surface area contributed by atoms with Crippen molar-refractivity contribution in [1.29, 1.82) is 0 Å². The van der Waals surface area contributed by atoms with Gasteiger partial charge in [0.05, 0.1) is 0 Å². The van der Waals surface area contributed by atoms with Crippen LogP contribution in [-0.4, -0.2) is 28.5 Å². The Hall–Kier alpha value is -1.91. The smallest absolute Gasteiger partial charge is 0.326 e. The van der Waals surface area contributed by atoms with Gasteiger partial charge < -0.3 is 10.4 Å². The zero-order valence-corrected chi connectivity index (χ0v) is 8.09. The number of aliphatic carboxylic acids is 1. The average molecular weight is 208 g/mol. The third-order valence-corrected chi connectivity index (χ3v) is 2.04. The summed E-state index contributed by atoms with van der Waals surface area (Å²) in [6.07, 6.45) is 4.68. The number of nitrogens with zero attached hydrogens (tertiary/aromatic N) is 1. The lowest BCUT2D eigenvalue weighted by Crippen LogP contribution is -2.36. The van der Waals surface area contributed by atoms with Gasteiger partial charge in [-0.2, -0.15) is 0 Å². The zero-order chi connectivity index (χ0) is 11.1.